The fraction of sp³-hybridized carbons (Fsp3) is 0.857. The van der Waals surface area contributed by atoms with E-state index < -0.39 is 30.2 Å². The molecule has 0 aliphatic rings. The van der Waals surface area contributed by atoms with Crippen LogP contribution >= 0.6 is 0 Å². The van der Waals surface area contributed by atoms with Gasteiger partial charge >= 0.3 is 0 Å². The molecule has 72 valence electrons. The number of aliphatic hydroxyl groups is 4. The molecule has 0 fully saturated rings. The summed E-state index contributed by atoms with van der Waals surface area (Å²) < 4.78 is 0. The van der Waals surface area contributed by atoms with Gasteiger partial charge in [0.25, 0.3) is 0 Å². The zero-order valence-electron chi connectivity index (χ0n) is 7.01. The lowest BCUT2D eigenvalue weighted by Crippen LogP contribution is -2.46. The van der Waals surface area contributed by atoms with Crippen molar-refractivity contribution >= 4 is 5.78 Å². The first kappa shape index (κ1) is 11.5. The van der Waals surface area contributed by atoms with Crippen LogP contribution in [0.15, 0.2) is 0 Å². The third-order valence-electron chi connectivity index (χ3n) is 1.58. The van der Waals surface area contributed by atoms with Crippen LogP contribution in [-0.2, 0) is 4.79 Å². The highest BCUT2D eigenvalue weighted by Gasteiger charge is 2.30. The van der Waals surface area contributed by atoms with Crippen LogP contribution < -0.4 is 0 Å². The Balaban J connectivity index is 4.18. The first-order valence-electron chi connectivity index (χ1n) is 3.60. The molecule has 5 nitrogen and oxygen atoms in total. The summed E-state index contributed by atoms with van der Waals surface area (Å²) in [6, 6.07) is 0. The van der Waals surface area contributed by atoms with Gasteiger partial charge in [-0.25, -0.2) is 0 Å². The summed E-state index contributed by atoms with van der Waals surface area (Å²) in [6.45, 7) is 2.34. The predicted molar refractivity (Wildman–Crippen MR) is 40.4 cm³/mol. The topological polar surface area (TPSA) is 98.0 Å². The van der Waals surface area contributed by atoms with E-state index >= 15 is 0 Å². The average Bonchev–Trinajstić information content (AvgIpc) is 2.00. The third-order valence-corrected chi connectivity index (χ3v) is 1.58. The Kier molecular flexibility index (Phi) is 4.33. The van der Waals surface area contributed by atoms with Gasteiger partial charge in [-0.05, 0) is 13.8 Å². The molecule has 0 saturated heterocycles. The van der Waals surface area contributed by atoms with Gasteiger partial charge in [0.05, 0.1) is 6.10 Å². The molecule has 0 amide bonds. The van der Waals surface area contributed by atoms with E-state index in [0.717, 1.165) is 6.92 Å². The Morgan fingerprint density at radius 2 is 1.50 bits per heavy atom. The lowest BCUT2D eigenvalue weighted by atomic mass is 10.0. The maximum absolute atomic E-state index is 10.5. The van der Waals surface area contributed by atoms with Crippen molar-refractivity contribution in [1.82, 2.24) is 0 Å². The SMILES string of the molecule is CC(=O)[C@H](O)[C@H](O)[C@@H](O)[C@H](C)O. The highest BCUT2D eigenvalue weighted by Crippen LogP contribution is 2.05. The van der Waals surface area contributed by atoms with E-state index in [4.69, 9.17) is 20.4 Å². The van der Waals surface area contributed by atoms with E-state index in [0.29, 0.717) is 0 Å². The zero-order chi connectivity index (χ0) is 9.89. The fourth-order valence-electron chi connectivity index (χ4n) is 0.713. The number of ketones is 1. The summed E-state index contributed by atoms with van der Waals surface area (Å²) in [5, 5.41) is 35.8. The molecule has 0 saturated carbocycles. The quantitative estimate of drug-likeness (QED) is 0.400. The molecule has 0 aromatic heterocycles. The Hall–Kier alpha value is -0.490. The van der Waals surface area contributed by atoms with E-state index in [-0.39, 0.29) is 0 Å². The summed E-state index contributed by atoms with van der Waals surface area (Å²) in [6.07, 6.45) is -5.98. The van der Waals surface area contributed by atoms with Crippen LogP contribution in [0, 0.1) is 0 Å². The summed E-state index contributed by atoms with van der Waals surface area (Å²) in [7, 11) is 0. The number of carbonyl (C=O) groups is 1. The minimum Gasteiger partial charge on any atom is -0.391 e. The van der Waals surface area contributed by atoms with E-state index in [1.54, 1.807) is 0 Å². The van der Waals surface area contributed by atoms with Gasteiger partial charge in [-0.3, -0.25) is 4.79 Å². The Labute approximate surface area is 70.3 Å². The van der Waals surface area contributed by atoms with Gasteiger partial charge in [0.15, 0.2) is 5.78 Å². The Bertz CT molecular complexity index is 156. The highest BCUT2D eigenvalue weighted by molar-refractivity contribution is 5.80. The largest absolute Gasteiger partial charge is 0.391 e. The Morgan fingerprint density at radius 1 is 1.08 bits per heavy atom. The summed E-state index contributed by atoms with van der Waals surface area (Å²) in [5.41, 5.74) is 0. The molecule has 0 unspecified atom stereocenters. The van der Waals surface area contributed by atoms with Crippen molar-refractivity contribution in [3.63, 3.8) is 0 Å². The second kappa shape index (κ2) is 4.51. The first-order chi connectivity index (χ1) is 5.37. The molecular weight excluding hydrogens is 164 g/mol. The molecule has 4 N–H and O–H groups in total. The van der Waals surface area contributed by atoms with Crippen LogP contribution in [0.5, 0.6) is 0 Å². The average molecular weight is 178 g/mol. The highest BCUT2D eigenvalue weighted by atomic mass is 16.4. The van der Waals surface area contributed by atoms with Crippen molar-refractivity contribution in [3.8, 4) is 0 Å². The molecule has 0 aromatic rings. The van der Waals surface area contributed by atoms with Gasteiger partial charge in [0, 0.05) is 0 Å². The van der Waals surface area contributed by atoms with E-state index in [1.165, 1.54) is 6.92 Å². The van der Waals surface area contributed by atoms with Crippen molar-refractivity contribution in [3.05, 3.63) is 0 Å². The second-order valence-electron chi connectivity index (χ2n) is 2.78. The molecule has 5 heteroatoms. The fourth-order valence-corrected chi connectivity index (χ4v) is 0.713. The van der Waals surface area contributed by atoms with Crippen molar-refractivity contribution in [2.45, 2.75) is 38.3 Å². The van der Waals surface area contributed by atoms with Crippen LogP contribution in [0.3, 0.4) is 0 Å². The number of hydrogen-bond donors (Lipinski definition) is 4. The minimum absolute atomic E-state index is 0.651. The molecule has 0 heterocycles. The van der Waals surface area contributed by atoms with Crippen LogP contribution in [0.1, 0.15) is 13.8 Å². The van der Waals surface area contributed by atoms with E-state index in [9.17, 15) is 4.79 Å². The van der Waals surface area contributed by atoms with Gasteiger partial charge in [0.1, 0.15) is 18.3 Å². The van der Waals surface area contributed by atoms with Gasteiger partial charge in [0.2, 0.25) is 0 Å². The molecule has 4 atom stereocenters. The van der Waals surface area contributed by atoms with E-state index in [2.05, 4.69) is 0 Å². The molecule has 0 aliphatic carbocycles. The lowest BCUT2D eigenvalue weighted by Gasteiger charge is -2.22. The molecule has 0 radical (unpaired) electrons. The smallest absolute Gasteiger partial charge is 0.160 e. The van der Waals surface area contributed by atoms with Crippen molar-refractivity contribution in [1.29, 1.82) is 0 Å². The second-order valence-corrected chi connectivity index (χ2v) is 2.78. The molecular formula is C7H14O5. The maximum atomic E-state index is 10.5. The minimum atomic E-state index is -1.64. The third kappa shape index (κ3) is 2.86. The number of carbonyl (C=O) groups excluding carboxylic acids is 1. The van der Waals surface area contributed by atoms with Crippen LogP contribution in [-0.4, -0.2) is 50.6 Å². The molecule has 0 spiro atoms. The zero-order valence-corrected chi connectivity index (χ0v) is 7.01. The molecule has 0 bridgehead atoms. The number of Topliss-reactive ketones (excluding diaryl/α,β-unsaturated/α-hetero) is 1. The molecule has 0 aromatic carbocycles. The van der Waals surface area contributed by atoms with Gasteiger partial charge in [-0.2, -0.15) is 0 Å². The first-order valence-corrected chi connectivity index (χ1v) is 3.60. The van der Waals surface area contributed by atoms with Crippen molar-refractivity contribution in [2.75, 3.05) is 0 Å². The monoisotopic (exact) mass is 178 g/mol. The number of aliphatic hydroxyl groups excluding tert-OH is 4. The lowest BCUT2D eigenvalue weighted by molar-refractivity contribution is -0.141. The van der Waals surface area contributed by atoms with Gasteiger partial charge in [-0.15, -0.1) is 0 Å². The van der Waals surface area contributed by atoms with Crippen LogP contribution in [0.2, 0.25) is 0 Å². The summed E-state index contributed by atoms with van der Waals surface area (Å²) in [5.74, 6) is -0.651. The van der Waals surface area contributed by atoms with Crippen LogP contribution in [0.25, 0.3) is 0 Å². The molecule has 12 heavy (non-hydrogen) atoms. The molecule has 0 aliphatic heterocycles. The normalized spacial score (nSPS) is 21.2. The Morgan fingerprint density at radius 3 is 1.75 bits per heavy atom. The summed E-state index contributed by atoms with van der Waals surface area (Å²) in [4.78, 5) is 10.5. The van der Waals surface area contributed by atoms with Crippen molar-refractivity contribution in [2.24, 2.45) is 0 Å². The van der Waals surface area contributed by atoms with Gasteiger partial charge in [-0.1, -0.05) is 0 Å². The summed E-state index contributed by atoms with van der Waals surface area (Å²) >= 11 is 0. The molecule has 0 rings (SSSR count). The van der Waals surface area contributed by atoms with Crippen LogP contribution in [0.4, 0.5) is 0 Å². The maximum Gasteiger partial charge on any atom is 0.160 e. The number of rotatable bonds is 4. The standard InChI is InChI=1S/C7H14O5/c1-3(8)5(10)7(12)6(11)4(2)9/h3,5-8,10-12H,1-2H3/t3-,5-,6-,7+/m0/s1. The van der Waals surface area contributed by atoms with E-state index in [1.807, 2.05) is 0 Å². The number of hydrogen-bond acceptors (Lipinski definition) is 5. The van der Waals surface area contributed by atoms with Crippen molar-refractivity contribution < 1.29 is 25.2 Å². The predicted octanol–water partition coefficient (Wildman–Crippen LogP) is -1.96. The van der Waals surface area contributed by atoms with Gasteiger partial charge < -0.3 is 20.4 Å².